The highest BCUT2D eigenvalue weighted by Crippen LogP contribution is 2.28. The highest BCUT2D eigenvalue weighted by molar-refractivity contribution is 5.82. The summed E-state index contributed by atoms with van der Waals surface area (Å²) in [4.78, 5) is 28.3. The van der Waals surface area contributed by atoms with Crippen molar-refractivity contribution < 1.29 is 14.7 Å². The molecule has 1 amide bonds. The van der Waals surface area contributed by atoms with Crippen molar-refractivity contribution in [3.05, 3.63) is 58.9 Å². The average molecular weight is 478 g/mol. The lowest BCUT2D eigenvalue weighted by Crippen LogP contribution is -2.26. The maximum Gasteiger partial charge on any atom is 0.303 e. The van der Waals surface area contributed by atoms with Crippen LogP contribution in [0.1, 0.15) is 80.2 Å². The molecule has 6 heteroatoms. The summed E-state index contributed by atoms with van der Waals surface area (Å²) in [5.41, 5.74) is 7.28. The Morgan fingerprint density at radius 3 is 2.26 bits per heavy atom. The Hall–Kier alpha value is -3.15. The number of carbonyl (C=O) groups is 2. The molecule has 35 heavy (non-hydrogen) atoms. The van der Waals surface area contributed by atoms with Gasteiger partial charge < -0.3 is 14.8 Å². The molecule has 0 saturated carbocycles. The first-order chi connectivity index (χ1) is 16.9. The van der Waals surface area contributed by atoms with Crippen molar-refractivity contribution in [2.45, 2.75) is 85.0 Å². The Balaban J connectivity index is 1.50. The molecule has 1 aromatic carbocycles. The molecule has 2 aromatic heterocycles. The molecule has 3 aromatic rings. The summed E-state index contributed by atoms with van der Waals surface area (Å²) in [7, 11) is 0. The van der Waals surface area contributed by atoms with E-state index in [2.05, 4.69) is 41.8 Å². The zero-order chi connectivity index (χ0) is 25.2. The summed E-state index contributed by atoms with van der Waals surface area (Å²) < 4.78 is 2.05. The smallest absolute Gasteiger partial charge is 0.303 e. The van der Waals surface area contributed by atoms with E-state index in [9.17, 15) is 9.59 Å². The maximum atomic E-state index is 12.8. The Morgan fingerprint density at radius 1 is 0.886 bits per heavy atom. The number of rotatable bonds is 14. The van der Waals surface area contributed by atoms with Crippen molar-refractivity contribution in [1.29, 1.82) is 0 Å². The predicted octanol–water partition coefficient (Wildman–Crippen LogP) is 6.18. The van der Waals surface area contributed by atoms with Crippen LogP contribution in [0.5, 0.6) is 0 Å². The number of nitrogens with one attached hydrogen (secondary N) is 1. The van der Waals surface area contributed by atoms with Gasteiger partial charge in [-0.15, -0.1) is 0 Å². The Morgan fingerprint density at radius 2 is 1.57 bits per heavy atom. The number of aromatic nitrogens is 2. The lowest BCUT2D eigenvalue weighted by molar-refractivity contribution is -0.137. The lowest BCUT2D eigenvalue weighted by atomic mass is 10.0. The van der Waals surface area contributed by atoms with E-state index >= 15 is 0 Å². The van der Waals surface area contributed by atoms with Crippen LogP contribution in [0.2, 0.25) is 0 Å². The number of hydrogen-bond acceptors (Lipinski definition) is 3. The van der Waals surface area contributed by atoms with Crippen LogP contribution in [0.4, 0.5) is 0 Å². The van der Waals surface area contributed by atoms with E-state index in [4.69, 9.17) is 10.1 Å². The molecular weight excluding hydrogens is 438 g/mol. The number of carbonyl (C=O) groups excluding carboxylic acids is 1. The third kappa shape index (κ3) is 7.67. The van der Waals surface area contributed by atoms with Gasteiger partial charge in [0.15, 0.2) is 0 Å². The van der Waals surface area contributed by atoms with Crippen LogP contribution in [0.15, 0.2) is 36.5 Å². The zero-order valence-electron chi connectivity index (χ0n) is 21.4. The van der Waals surface area contributed by atoms with Gasteiger partial charge in [-0.05, 0) is 62.4 Å². The molecule has 2 N–H and O–H groups in total. The normalized spacial score (nSPS) is 11.2. The average Bonchev–Trinajstić information content (AvgIpc) is 3.18. The minimum Gasteiger partial charge on any atom is -0.481 e. The summed E-state index contributed by atoms with van der Waals surface area (Å²) >= 11 is 0. The van der Waals surface area contributed by atoms with Gasteiger partial charge in [-0.1, -0.05) is 56.7 Å². The van der Waals surface area contributed by atoms with E-state index in [-0.39, 0.29) is 12.3 Å². The molecule has 0 atom stereocenters. The topological polar surface area (TPSA) is 83.7 Å². The molecule has 188 valence electrons. The molecule has 2 heterocycles. The highest BCUT2D eigenvalue weighted by Gasteiger charge is 2.18. The fraction of sp³-hybridized carbons (Fsp3) is 0.483. The lowest BCUT2D eigenvalue weighted by Gasteiger charge is -2.09. The summed E-state index contributed by atoms with van der Waals surface area (Å²) in [6, 6.07) is 10.4. The van der Waals surface area contributed by atoms with Gasteiger partial charge in [0.2, 0.25) is 5.91 Å². The molecule has 0 radical (unpaired) electrons. The second-order valence-corrected chi connectivity index (χ2v) is 9.59. The molecule has 0 saturated heterocycles. The molecule has 0 aliphatic rings. The number of carboxylic acid groups (broad SMARTS) is 1. The van der Waals surface area contributed by atoms with Crippen LogP contribution in [0.3, 0.4) is 0 Å². The van der Waals surface area contributed by atoms with Crippen LogP contribution in [-0.2, 0) is 16.0 Å². The summed E-state index contributed by atoms with van der Waals surface area (Å²) in [5.74, 6) is -0.679. The van der Waals surface area contributed by atoms with Crippen molar-refractivity contribution in [1.82, 2.24) is 14.7 Å². The van der Waals surface area contributed by atoms with Crippen LogP contribution in [-0.4, -0.2) is 32.9 Å². The molecule has 0 bridgehead atoms. The van der Waals surface area contributed by atoms with Crippen molar-refractivity contribution in [2.75, 3.05) is 6.54 Å². The second-order valence-electron chi connectivity index (χ2n) is 9.59. The molecule has 3 rings (SSSR count). The van der Waals surface area contributed by atoms with Crippen molar-refractivity contribution in [3.63, 3.8) is 0 Å². The second kappa shape index (κ2) is 13.1. The van der Waals surface area contributed by atoms with Gasteiger partial charge in [-0.2, -0.15) is 0 Å². The number of nitrogens with zero attached hydrogens (tertiary/aromatic N) is 2. The third-order valence-electron chi connectivity index (χ3n) is 6.69. The number of aryl methyl sites for hydroxylation is 3. The molecule has 0 spiro atoms. The van der Waals surface area contributed by atoms with Crippen molar-refractivity contribution >= 4 is 17.5 Å². The van der Waals surface area contributed by atoms with Gasteiger partial charge in [-0.25, -0.2) is 4.98 Å². The minimum absolute atomic E-state index is 0.0248. The molecule has 0 aliphatic carbocycles. The third-order valence-corrected chi connectivity index (χ3v) is 6.69. The molecule has 6 nitrogen and oxygen atoms in total. The quantitative estimate of drug-likeness (QED) is 0.272. The standard InChI is InChI=1S/C29H39N3O3/c1-21-15-16-24(19-23(21)3)28-25(32-18-12-13-22(2)29(32)31-28)20-26(33)30-17-11-9-7-5-4-6-8-10-14-27(34)35/h12-13,15-16,18-19H,4-11,14,17,20H2,1-3H3,(H,30,33)(H,34,35). The van der Waals surface area contributed by atoms with Gasteiger partial charge >= 0.3 is 5.97 Å². The number of pyridine rings is 1. The molecule has 0 unspecified atom stereocenters. The van der Waals surface area contributed by atoms with Crippen molar-refractivity contribution in [2.24, 2.45) is 0 Å². The first-order valence-corrected chi connectivity index (χ1v) is 12.9. The fourth-order valence-electron chi connectivity index (χ4n) is 4.45. The SMILES string of the molecule is Cc1ccc(-c2nc3c(C)cccn3c2CC(=O)NCCCCCCCCCCC(=O)O)cc1C. The highest BCUT2D eigenvalue weighted by atomic mass is 16.4. The van der Waals surface area contributed by atoms with Gasteiger partial charge in [0.05, 0.1) is 17.8 Å². The summed E-state index contributed by atoms with van der Waals surface area (Å²) in [5, 5.41) is 11.7. The largest absolute Gasteiger partial charge is 0.481 e. The number of amides is 1. The summed E-state index contributed by atoms with van der Waals surface area (Å²) in [6.07, 6.45) is 11.0. The number of imidazole rings is 1. The molecule has 0 aliphatic heterocycles. The number of aliphatic carboxylic acids is 1. The van der Waals surface area contributed by atoms with Crippen molar-refractivity contribution in [3.8, 4) is 11.3 Å². The fourth-order valence-corrected chi connectivity index (χ4v) is 4.45. The van der Waals surface area contributed by atoms with Crippen LogP contribution >= 0.6 is 0 Å². The summed E-state index contributed by atoms with van der Waals surface area (Å²) in [6.45, 7) is 6.94. The van der Waals surface area contributed by atoms with E-state index in [0.717, 1.165) is 73.1 Å². The first kappa shape index (κ1) is 26.5. The van der Waals surface area contributed by atoms with E-state index in [1.165, 1.54) is 17.5 Å². The number of unbranched alkanes of at least 4 members (excludes halogenated alkanes) is 7. The van der Waals surface area contributed by atoms with Gasteiger partial charge in [0, 0.05) is 24.7 Å². The predicted molar refractivity (Wildman–Crippen MR) is 141 cm³/mol. The molecule has 0 fully saturated rings. The van der Waals surface area contributed by atoms with E-state index in [1.54, 1.807) is 0 Å². The Labute approximate surface area is 208 Å². The maximum absolute atomic E-state index is 12.8. The van der Waals surface area contributed by atoms with Gasteiger partial charge in [0.1, 0.15) is 5.65 Å². The van der Waals surface area contributed by atoms with Crippen LogP contribution in [0.25, 0.3) is 16.9 Å². The van der Waals surface area contributed by atoms with E-state index in [1.807, 2.05) is 25.3 Å². The zero-order valence-corrected chi connectivity index (χ0v) is 21.4. The van der Waals surface area contributed by atoms with E-state index < -0.39 is 5.97 Å². The number of hydrogen-bond donors (Lipinski definition) is 2. The number of benzene rings is 1. The van der Waals surface area contributed by atoms with Gasteiger partial charge in [0.25, 0.3) is 0 Å². The van der Waals surface area contributed by atoms with E-state index in [0.29, 0.717) is 13.0 Å². The minimum atomic E-state index is -0.704. The number of fused-ring (bicyclic) bond motifs is 1. The molecular formula is C29H39N3O3. The van der Waals surface area contributed by atoms with Crippen LogP contribution in [0, 0.1) is 20.8 Å². The van der Waals surface area contributed by atoms with Crippen LogP contribution < -0.4 is 5.32 Å². The number of carboxylic acids is 1. The first-order valence-electron chi connectivity index (χ1n) is 12.9. The Bertz CT molecular complexity index is 1150. The Kier molecular flexibility index (Phi) is 9.88. The monoisotopic (exact) mass is 477 g/mol. The van der Waals surface area contributed by atoms with Gasteiger partial charge in [-0.3, -0.25) is 9.59 Å².